The quantitative estimate of drug-likeness (QED) is 0.588. The summed E-state index contributed by atoms with van der Waals surface area (Å²) in [7, 11) is 0. The maximum absolute atomic E-state index is 12.1. The van der Waals surface area contributed by atoms with Gasteiger partial charge >= 0.3 is 0 Å². The number of amides is 1. The molecule has 0 fully saturated rings. The Morgan fingerprint density at radius 2 is 1.95 bits per heavy atom. The minimum Gasteiger partial charge on any atom is -0.324 e. The first-order chi connectivity index (χ1) is 9.76. The number of pyridine rings is 1. The molecule has 1 heterocycles. The van der Waals surface area contributed by atoms with Gasteiger partial charge in [-0.15, -0.1) is 0 Å². The highest BCUT2D eigenvalue weighted by molar-refractivity contribution is 6.03. The van der Waals surface area contributed by atoms with E-state index in [0.717, 1.165) is 18.5 Å². The number of anilines is 2. The third-order valence-electron chi connectivity index (χ3n) is 3.52. The van der Waals surface area contributed by atoms with Crippen molar-refractivity contribution < 1.29 is 4.79 Å². The van der Waals surface area contributed by atoms with Crippen LogP contribution >= 0.6 is 0 Å². The first-order valence-corrected chi connectivity index (χ1v) is 6.62. The summed E-state index contributed by atoms with van der Waals surface area (Å²) in [5.41, 5.74) is 7.01. The summed E-state index contributed by atoms with van der Waals surface area (Å²) in [6.07, 6.45) is 4.96. The predicted molar refractivity (Wildman–Crippen MR) is 78.5 cm³/mol. The first kappa shape index (κ1) is 12.6. The van der Waals surface area contributed by atoms with Gasteiger partial charge in [-0.25, -0.2) is 0 Å². The molecule has 0 bridgehead atoms. The molecule has 1 aliphatic carbocycles. The average Bonchev–Trinajstić information content (AvgIpc) is 2.95. The number of hydrogen-bond acceptors (Lipinski definition) is 4. The van der Waals surface area contributed by atoms with Gasteiger partial charge in [0.25, 0.3) is 5.91 Å². The minimum absolute atomic E-state index is 0.236. The molecule has 1 aromatic heterocycles. The summed E-state index contributed by atoms with van der Waals surface area (Å²) in [5.74, 6) is 5.09. The second-order valence-corrected chi connectivity index (χ2v) is 4.87. The number of aryl methyl sites for hydroxylation is 2. The number of hydrazine groups is 1. The van der Waals surface area contributed by atoms with Crippen LogP contribution in [0.1, 0.15) is 28.0 Å². The van der Waals surface area contributed by atoms with Crippen LogP contribution < -0.4 is 16.6 Å². The Morgan fingerprint density at radius 1 is 1.10 bits per heavy atom. The fourth-order valence-corrected chi connectivity index (χ4v) is 2.49. The van der Waals surface area contributed by atoms with Gasteiger partial charge in [0.2, 0.25) is 0 Å². The Bertz CT molecular complexity index is 654. The molecule has 1 aliphatic rings. The molecular weight excluding hydrogens is 252 g/mol. The van der Waals surface area contributed by atoms with E-state index in [4.69, 9.17) is 5.84 Å². The molecule has 2 aromatic rings. The lowest BCUT2D eigenvalue weighted by Crippen LogP contribution is -2.15. The van der Waals surface area contributed by atoms with E-state index in [-0.39, 0.29) is 5.91 Å². The normalized spacial score (nSPS) is 12.8. The fraction of sp³-hybridized carbons (Fsp3) is 0.200. The van der Waals surface area contributed by atoms with Gasteiger partial charge < -0.3 is 10.7 Å². The second kappa shape index (κ2) is 5.30. The summed E-state index contributed by atoms with van der Waals surface area (Å²) in [6, 6.07) is 9.39. The van der Waals surface area contributed by atoms with E-state index in [1.54, 1.807) is 18.3 Å². The lowest BCUT2D eigenvalue weighted by molar-refractivity contribution is 0.102. The molecular formula is C15H16N4O. The van der Waals surface area contributed by atoms with Crippen LogP contribution in [0.4, 0.5) is 11.4 Å². The van der Waals surface area contributed by atoms with Crippen molar-refractivity contribution in [1.82, 2.24) is 4.98 Å². The SMILES string of the molecule is NNc1ccnc(C(=O)Nc2ccc3c(c2)CCC3)c1. The van der Waals surface area contributed by atoms with Crippen LogP contribution in [-0.2, 0) is 12.8 Å². The highest BCUT2D eigenvalue weighted by Crippen LogP contribution is 2.25. The summed E-state index contributed by atoms with van der Waals surface area (Å²) >= 11 is 0. The summed E-state index contributed by atoms with van der Waals surface area (Å²) < 4.78 is 0. The monoisotopic (exact) mass is 268 g/mol. The number of carbonyl (C=O) groups is 1. The zero-order valence-electron chi connectivity index (χ0n) is 11.0. The molecule has 5 nitrogen and oxygen atoms in total. The Kier molecular flexibility index (Phi) is 3.35. The van der Waals surface area contributed by atoms with Crippen molar-refractivity contribution in [2.75, 3.05) is 10.7 Å². The maximum atomic E-state index is 12.1. The number of nitrogens with one attached hydrogen (secondary N) is 2. The van der Waals surface area contributed by atoms with Crippen LogP contribution in [0, 0.1) is 0 Å². The van der Waals surface area contributed by atoms with Gasteiger partial charge in [-0.1, -0.05) is 6.07 Å². The van der Waals surface area contributed by atoms with Crippen molar-refractivity contribution in [3.05, 3.63) is 53.3 Å². The fourth-order valence-electron chi connectivity index (χ4n) is 2.49. The highest BCUT2D eigenvalue weighted by atomic mass is 16.1. The van der Waals surface area contributed by atoms with Crippen LogP contribution in [0.15, 0.2) is 36.5 Å². The molecule has 0 atom stereocenters. The van der Waals surface area contributed by atoms with Gasteiger partial charge in [-0.2, -0.15) is 0 Å². The molecule has 3 rings (SSSR count). The lowest BCUT2D eigenvalue weighted by Gasteiger charge is -2.08. The summed E-state index contributed by atoms with van der Waals surface area (Å²) in [4.78, 5) is 16.2. The molecule has 0 aliphatic heterocycles. The molecule has 0 unspecified atom stereocenters. The van der Waals surface area contributed by atoms with Crippen LogP contribution in [0.25, 0.3) is 0 Å². The average molecular weight is 268 g/mol. The number of nitrogens with zero attached hydrogens (tertiary/aromatic N) is 1. The van der Waals surface area contributed by atoms with E-state index >= 15 is 0 Å². The van der Waals surface area contributed by atoms with Crippen molar-refractivity contribution in [3.8, 4) is 0 Å². The molecule has 102 valence electrons. The lowest BCUT2D eigenvalue weighted by atomic mass is 10.1. The van der Waals surface area contributed by atoms with Crippen molar-refractivity contribution >= 4 is 17.3 Å². The van der Waals surface area contributed by atoms with Crippen molar-refractivity contribution in [3.63, 3.8) is 0 Å². The Balaban J connectivity index is 1.78. The van der Waals surface area contributed by atoms with E-state index < -0.39 is 0 Å². The van der Waals surface area contributed by atoms with Crippen molar-refractivity contribution in [1.29, 1.82) is 0 Å². The molecule has 0 radical (unpaired) electrons. The molecule has 1 amide bonds. The molecule has 0 saturated heterocycles. The van der Waals surface area contributed by atoms with Gasteiger partial charge in [0.1, 0.15) is 5.69 Å². The second-order valence-electron chi connectivity index (χ2n) is 4.87. The van der Waals surface area contributed by atoms with E-state index in [1.807, 2.05) is 12.1 Å². The Morgan fingerprint density at radius 3 is 2.80 bits per heavy atom. The largest absolute Gasteiger partial charge is 0.324 e. The number of carbonyl (C=O) groups excluding carboxylic acids is 1. The van der Waals surface area contributed by atoms with Gasteiger partial charge in [0, 0.05) is 11.9 Å². The zero-order valence-corrected chi connectivity index (χ0v) is 11.0. The Labute approximate surface area is 117 Å². The number of rotatable bonds is 3. The smallest absolute Gasteiger partial charge is 0.274 e. The zero-order chi connectivity index (χ0) is 13.9. The van der Waals surface area contributed by atoms with E-state index in [2.05, 4.69) is 21.8 Å². The van der Waals surface area contributed by atoms with Crippen LogP contribution in [0.3, 0.4) is 0 Å². The van der Waals surface area contributed by atoms with E-state index in [9.17, 15) is 4.79 Å². The molecule has 20 heavy (non-hydrogen) atoms. The topological polar surface area (TPSA) is 80.0 Å². The van der Waals surface area contributed by atoms with Gasteiger partial charge in [0.15, 0.2) is 0 Å². The molecule has 0 spiro atoms. The summed E-state index contributed by atoms with van der Waals surface area (Å²) in [6.45, 7) is 0. The van der Waals surface area contributed by atoms with E-state index in [1.165, 1.54) is 17.5 Å². The third-order valence-corrected chi connectivity index (χ3v) is 3.52. The van der Waals surface area contributed by atoms with Crippen molar-refractivity contribution in [2.24, 2.45) is 5.84 Å². The molecule has 5 heteroatoms. The number of benzene rings is 1. The third kappa shape index (κ3) is 2.48. The molecule has 4 N–H and O–H groups in total. The van der Waals surface area contributed by atoms with Crippen LogP contribution in [0.5, 0.6) is 0 Å². The van der Waals surface area contributed by atoms with E-state index in [0.29, 0.717) is 11.4 Å². The van der Waals surface area contributed by atoms with Crippen LogP contribution in [-0.4, -0.2) is 10.9 Å². The first-order valence-electron chi connectivity index (χ1n) is 6.62. The summed E-state index contributed by atoms with van der Waals surface area (Å²) in [5, 5.41) is 2.87. The van der Waals surface area contributed by atoms with Crippen molar-refractivity contribution in [2.45, 2.75) is 19.3 Å². The molecule has 1 aromatic carbocycles. The number of nitrogen functional groups attached to an aromatic ring is 1. The minimum atomic E-state index is -0.236. The standard InChI is InChI=1S/C15H16N4O/c16-19-13-6-7-17-14(9-13)15(20)18-12-5-4-10-2-1-3-11(10)8-12/h4-9H,1-3,16H2,(H,17,19)(H,18,20). The maximum Gasteiger partial charge on any atom is 0.274 e. The Hall–Kier alpha value is -2.40. The number of hydrogen-bond donors (Lipinski definition) is 3. The number of aromatic nitrogens is 1. The van der Waals surface area contributed by atoms with Crippen LogP contribution in [0.2, 0.25) is 0 Å². The highest BCUT2D eigenvalue weighted by Gasteiger charge is 2.13. The van der Waals surface area contributed by atoms with Gasteiger partial charge in [-0.05, 0) is 54.7 Å². The number of nitrogens with two attached hydrogens (primary N) is 1. The van der Waals surface area contributed by atoms with Gasteiger partial charge in [-0.3, -0.25) is 15.6 Å². The van der Waals surface area contributed by atoms with Gasteiger partial charge in [0.05, 0.1) is 5.69 Å². The number of fused-ring (bicyclic) bond motifs is 1. The predicted octanol–water partition coefficient (Wildman–Crippen LogP) is 2.11. The molecule has 0 saturated carbocycles.